The van der Waals surface area contributed by atoms with Crippen molar-refractivity contribution >= 4 is 5.78 Å². The highest BCUT2D eigenvalue weighted by Gasteiger charge is 2.30. The second-order valence-corrected chi connectivity index (χ2v) is 4.75. The zero-order chi connectivity index (χ0) is 13.9. The van der Waals surface area contributed by atoms with Crippen LogP contribution < -0.4 is 0 Å². The molecular formula is C14H15F3O2. The van der Waals surface area contributed by atoms with Crippen molar-refractivity contribution in [3.63, 3.8) is 0 Å². The molecular weight excluding hydrogens is 257 g/mol. The summed E-state index contributed by atoms with van der Waals surface area (Å²) in [7, 11) is 0. The Morgan fingerprint density at radius 3 is 2.47 bits per heavy atom. The highest BCUT2D eigenvalue weighted by Crippen LogP contribution is 2.29. The molecule has 1 aromatic carbocycles. The summed E-state index contributed by atoms with van der Waals surface area (Å²) >= 11 is 0. The predicted molar refractivity (Wildman–Crippen MR) is 63.7 cm³/mol. The van der Waals surface area contributed by atoms with E-state index < -0.39 is 11.7 Å². The van der Waals surface area contributed by atoms with E-state index in [0.717, 1.165) is 25.0 Å². The Labute approximate surface area is 109 Å². The van der Waals surface area contributed by atoms with Crippen LogP contribution in [0.4, 0.5) is 13.2 Å². The molecule has 5 heteroatoms. The second kappa shape index (κ2) is 5.74. The lowest BCUT2D eigenvalue weighted by molar-refractivity contribution is -0.137. The number of hydrogen-bond acceptors (Lipinski definition) is 2. The minimum absolute atomic E-state index is 0.00617. The number of hydrogen-bond donors (Lipinski definition) is 0. The van der Waals surface area contributed by atoms with E-state index >= 15 is 0 Å². The molecule has 1 fully saturated rings. The van der Waals surface area contributed by atoms with E-state index in [-0.39, 0.29) is 18.3 Å². The Hall–Kier alpha value is -1.36. The van der Waals surface area contributed by atoms with Gasteiger partial charge >= 0.3 is 6.18 Å². The third-order valence-electron chi connectivity index (χ3n) is 3.16. The van der Waals surface area contributed by atoms with Crippen molar-refractivity contribution in [3.8, 4) is 0 Å². The van der Waals surface area contributed by atoms with Gasteiger partial charge in [0.1, 0.15) is 5.78 Å². The molecule has 0 saturated carbocycles. The van der Waals surface area contributed by atoms with Crippen molar-refractivity contribution in [3.05, 3.63) is 35.4 Å². The van der Waals surface area contributed by atoms with E-state index in [0.29, 0.717) is 18.6 Å². The Kier molecular flexibility index (Phi) is 4.24. The molecule has 2 rings (SSSR count). The highest BCUT2D eigenvalue weighted by atomic mass is 19.4. The molecule has 2 nitrogen and oxygen atoms in total. The number of carbonyl (C=O) groups excluding carboxylic acids is 1. The largest absolute Gasteiger partial charge is 0.416 e. The molecule has 104 valence electrons. The van der Waals surface area contributed by atoms with Crippen molar-refractivity contribution in [1.29, 1.82) is 0 Å². The molecule has 1 heterocycles. The smallest absolute Gasteiger partial charge is 0.378 e. The van der Waals surface area contributed by atoms with Gasteiger partial charge in [0, 0.05) is 19.4 Å². The van der Waals surface area contributed by atoms with Crippen LogP contribution in [-0.4, -0.2) is 18.5 Å². The number of halogens is 3. The van der Waals surface area contributed by atoms with Crippen molar-refractivity contribution in [2.24, 2.45) is 0 Å². The van der Waals surface area contributed by atoms with Crippen molar-refractivity contribution in [2.45, 2.75) is 38.0 Å². The Bertz CT molecular complexity index is 431. The fourth-order valence-corrected chi connectivity index (χ4v) is 2.17. The van der Waals surface area contributed by atoms with Gasteiger partial charge in [-0.3, -0.25) is 4.79 Å². The molecule has 0 aromatic heterocycles. The van der Waals surface area contributed by atoms with Gasteiger partial charge in [-0.05, 0) is 30.5 Å². The summed E-state index contributed by atoms with van der Waals surface area (Å²) in [6, 6.07) is 4.73. The summed E-state index contributed by atoms with van der Waals surface area (Å²) in [5, 5.41) is 0. The van der Waals surface area contributed by atoms with Gasteiger partial charge in [-0.15, -0.1) is 0 Å². The van der Waals surface area contributed by atoms with E-state index in [1.807, 2.05) is 0 Å². The van der Waals surface area contributed by atoms with Gasteiger partial charge in [-0.2, -0.15) is 13.2 Å². The molecule has 1 saturated heterocycles. The fourth-order valence-electron chi connectivity index (χ4n) is 2.17. The van der Waals surface area contributed by atoms with Crippen LogP contribution in [0.15, 0.2) is 24.3 Å². The number of alkyl halides is 3. The van der Waals surface area contributed by atoms with Gasteiger partial charge in [0.05, 0.1) is 11.7 Å². The van der Waals surface area contributed by atoms with Gasteiger partial charge < -0.3 is 4.74 Å². The van der Waals surface area contributed by atoms with Crippen LogP contribution in [0.2, 0.25) is 0 Å². The van der Waals surface area contributed by atoms with Crippen LogP contribution in [0, 0.1) is 0 Å². The summed E-state index contributed by atoms with van der Waals surface area (Å²) in [5.74, 6) is 0.00617. The summed E-state index contributed by atoms with van der Waals surface area (Å²) < 4.78 is 42.5. The normalized spacial score (nSPS) is 19.6. The lowest BCUT2D eigenvalue weighted by atomic mass is 10.0. The number of carbonyl (C=O) groups is 1. The molecule has 1 aromatic rings. The average molecular weight is 272 g/mol. The summed E-state index contributed by atoms with van der Waals surface area (Å²) in [4.78, 5) is 11.7. The van der Waals surface area contributed by atoms with Crippen LogP contribution in [-0.2, 0) is 22.1 Å². The van der Waals surface area contributed by atoms with Crippen molar-refractivity contribution < 1.29 is 22.7 Å². The van der Waals surface area contributed by atoms with Crippen molar-refractivity contribution in [1.82, 2.24) is 0 Å². The molecule has 1 unspecified atom stereocenters. The Morgan fingerprint density at radius 1 is 1.26 bits per heavy atom. The first-order chi connectivity index (χ1) is 8.95. The van der Waals surface area contributed by atoms with E-state index in [9.17, 15) is 18.0 Å². The van der Waals surface area contributed by atoms with Crippen molar-refractivity contribution in [2.75, 3.05) is 6.61 Å². The number of benzene rings is 1. The standard InChI is InChI=1S/C14H15F3O2/c15-14(16,17)11-5-3-10(4-6-11)8-12(18)9-13-2-1-7-19-13/h3-6,13H,1-2,7-9H2. The van der Waals surface area contributed by atoms with Crippen LogP contribution in [0.5, 0.6) is 0 Å². The number of ether oxygens (including phenoxy) is 1. The molecule has 0 aliphatic carbocycles. The molecule has 0 radical (unpaired) electrons. The van der Waals surface area contributed by atoms with E-state index in [1.54, 1.807) is 0 Å². The maximum Gasteiger partial charge on any atom is 0.416 e. The monoisotopic (exact) mass is 272 g/mol. The molecule has 0 N–H and O–H groups in total. The maximum absolute atomic E-state index is 12.4. The molecule has 1 aliphatic heterocycles. The Morgan fingerprint density at radius 2 is 1.95 bits per heavy atom. The number of rotatable bonds is 4. The second-order valence-electron chi connectivity index (χ2n) is 4.75. The maximum atomic E-state index is 12.4. The number of Topliss-reactive ketones (excluding diaryl/α,β-unsaturated/α-hetero) is 1. The molecule has 0 amide bonds. The van der Waals surface area contributed by atoms with Gasteiger partial charge in [0.15, 0.2) is 0 Å². The zero-order valence-corrected chi connectivity index (χ0v) is 10.4. The van der Waals surface area contributed by atoms with Gasteiger partial charge in [0.25, 0.3) is 0 Å². The zero-order valence-electron chi connectivity index (χ0n) is 10.4. The molecule has 0 spiro atoms. The minimum Gasteiger partial charge on any atom is -0.378 e. The van der Waals surface area contributed by atoms with Crippen LogP contribution in [0.1, 0.15) is 30.4 Å². The van der Waals surface area contributed by atoms with E-state index in [1.165, 1.54) is 12.1 Å². The third kappa shape index (κ3) is 4.06. The van der Waals surface area contributed by atoms with E-state index in [4.69, 9.17) is 4.74 Å². The molecule has 19 heavy (non-hydrogen) atoms. The van der Waals surface area contributed by atoms with Crippen LogP contribution in [0.3, 0.4) is 0 Å². The summed E-state index contributed by atoms with van der Waals surface area (Å²) in [5.41, 5.74) is -0.0844. The Balaban J connectivity index is 1.90. The third-order valence-corrected chi connectivity index (χ3v) is 3.16. The lowest BCUT2D eigenvalue weighted by Gasteiger charge is -2.09. The minimum atomic E-state index is -4.33. The topological polar surface area (TPSA) is 26.3 Å². The number of ketones is 1. The predicted octanol–water partition coefficient (Wildman–Crippen LogP) is 3.39. The lowest BCUT2D eigenvalue weighted by Crippen LogP contribution is -2.14. The molecule has 1 aliphatic rings. The highest BCUT2D eigenvalue weighted by molar-refractivity contribution is 5.81. The quantitative estimate of drug-likeness (QED) is 0.839. The van der Waals surface area contributed by atoms with Crippen LogP contribution >= 0.6 is 0 Å². The van der Waals surface area contributed by atoms with E-state index in [2.05, 4.69) is 0 Å². The first-order valence-electron chi connectivity index (χ1n) is 6.24. The first-order valence-corrected chi connectivity index (χ1v) is 6.24. The van der Waals surface area contributed by atoms with Gasteiger partial charge in [-0.1, -0.05) is 12.1 Å². The molecule has 0 bridgehead atoms. The first kappa shape index (κ1) is 14.1. The average Bonchev–Trinajstić information content (AvgIpc) is 2.81. The van der Waals surface area contributed by atoms with Crippen LogP contribution in [0.25, 0.3) is 0 Å². The SMILES string of the molecule is O=C(Cc1ccc(C(F)(F)F)cc1)CC1CCCO1. The summed E-state index contributed by atoms with van der Waals surface area (Å²) in [6.07, 6.45) is -1.97. The molecule has 1 atom stereocenters. The fraction of sp³-hybridized carbons (Fsp3) is 0.500. The van der Waals surface area contributed by atoms with Gasteiger partial charge in [-0.25, -0.2) is 0 Å². The summed E-state index contributed by atoms with van der Waals surface area (Å²) in [6.45, 7) is 0.693. The van der Waals surface area contributed by atoms with Gasteiger partial charge in [0.2, 0.25) is 0 Å².